The van der Waals surface area contributed by atoms with Crippen LogP contribution in [0, 0.1) is 0 Å². The van der Waals surface area contributed by atoms with Crippen molar-refractivity contribution in [2.24, 2.45) is 0 Å². The molecule has 0 fully saturated rings. The van der Waals surface area contributed by atoms with Crippen LogP contribution < -0.4 is 4.57 Å². The van der Waals surface area contributed by atoms with Gasteiger partial charge in [0, 0.05) is 0 Å². The third kappa shape index (κ3) is 13.4. The first-order valence-electron chi connectivity index (χ1n) is 6.43. The zero-order valence-electron chi connectivity index (χ0n) is 12.0. The van der Waals surface area contributed by atoms with Gasteiger partial charge in [0.1, 0.15) is 12.4 Å². The molecule has 1 aromatic heterocycles. The molecule has 112 valence electrons. The highest BCUT2D eigenvalue weighted by Gasteiger charge is 2.20. The molecule has 0 radical (unpaired) electrons. The summed E-state index contributed by atoms with van der Waals surface area (Å²) >= 11 is 0. The molecule has 0 amide bonds. The van der Waals surface area contributed by atoms with Crippen LogP contribution in [-0.2, 0) is 12.7 Å². The van der Waals surface area contributed by atoms with Crippen molar-refractivity contribution in [3.63, 3.8) is 0 Å². The smallest absolute Gasteiger partial charge is 0.418 e. The fourth-order valence-electron chi connectivity index (χ4n) is 1.55. The van der Waals surface area contributed by atoms with Crippen molar-refractivity contribution in [3.05, 3.63) is 18.7 Å². The minimum Gasteiger partial charge on any atom is -0.418 e. The monoisotopic (exact) mass is 298 g/mol. The van der Waals surface area contributed by atoms with E-state index < -0.39 is 15.3 Å². The first kappa shape index (κ1) is 18.2. The van der Waals surface area contributed by atoms with Crippen LogP contribution in [-0.4, -0.2) is 19.9 Å². The molecular formula is C11H23BF4N2Si. The summed E-state index contributed by atoms with van der Waals surface area (Å²) in [5, 5.41) is 0. The van der Waals surface area contributed by atoms with E-state index in [0.717, 1.165) is 6.54 Å². The molecule has 0 N–H and O–H groups in total. The Labute approximate surface area is 113 Å². The molecule has 0 atom stereocenters. The predicted molar refractivity (Wildman–Crippen MR) is 73.1 cm³/mol. The Hall–Kier alpha value is -0.788. The average Bonchev–Trinajstić information content (AvgIpc) is 2.57. The minimum atomic E-state index is -6.00. The van der Waals surface area contributed by atoms with Gasteiger partial charge in [-0.3, -0.25) is 0 Å². The summed E-state index contributed by atoms with van der Waals surface area (Å²) in [6.45, 7) is 10.6. The van der Waals surface area contributed by atoms with Crippen LogP contribution >= 0.6 is 0 Å². The molecule has 0 aliphatic rings. The fourth-order valence-corrected chi connectivity index (χ4v) is 2.84. The van der Waals surface area contributed by atoms with Crippen molar-refractivity contribution in [2.75, 3.05) is 0 Å². The molecule has 1 aromatic rings. The van der Waals surface area contributed by atoms with Crippen molar-refractivity contribution in [1.82, 2.24) is 4.57 Å². The van der Waals surface area contributed by atoms with Gasteiger partial charge in [-0.25, -0.2) is 9.13 Å². The summed E-state index contributed by atoms with van der Waals surface area (Å²) in [5.74, 6) is 0. The molecule has 0 saturated carbocycles. The topological polar surface area (TPSA) is 8.81 Å². The van der Waals surface area contributed by atoms with Gasteiger partial charge in [-0.05, 0) is 6.42 Å². The normalized spacial score (nSPS) is 12.0. The molecule has 0 saturated heterocycles. The summed E-state index contributed by atoms with van der Waals surface area (Å²) in [5.41, 5.74) is 0. The third-order valence-electron chi connectivity index (χ3n) is 2.17. The van der Waals surface area contributed by atoms with Crippen LogP contribution in [0.4, 0.5) is 17.3 Å². The number of aromatic nitrogens is 2. The minimum absolute atomic E-state index is 0.966. The van der Waals surface area contributed by atoms with Gasteiger partial charge < -0.3 is 17.3 Å². The van der Waals surface area contributed by atoms with Crippen molar-refractivity contribution in [2.45, 2.75) is 52.1 Å². The largest absolute Gasteiger partial charge is 0.673 e. The fraction of sp³-hybridized carbons (Fsp3) is 0.727. The maximum atomic E-state index is 9.75. The van der Waals surface area contributed by atoms with Gasteiger partial charge in [-0.2, -0.15) is 0 Å². The number of rotatable bonds is 5. The molecule has 1 heterocycles. The lowest BCUT2D eigenvalue weighted by molar-refractivity contribution is -0.696. The Morgan fingerprint density at radius 2 is 1.68 bits per heavy atom. The van der Waals surface area contributed by atoms with Gasteiger partial charge in [0.2, 0.25) is 6.33 Å². The number of imidazole rings is 1. The zero-order chi connectivity index (χ0) is 15.1. The summed E-state index contributed by atoms with van der Waals surface area (Å²) in [6, 6.07) is 0. The second-order valence-corrected chi connectivity index (χ2v) is 11.2. The molecule has 0 aliphatic carbocycles. The highest BCUT2D eigenvalue weighted by molar-refractivity contribution is 6.74. The van der Waals surface area contributed by atoms with E-state index in [1.807, 2.05) is 0 Å². The Morgan fingerprint density at radius 1 is 1.16 bits per heavy atom. The second-order valence-electron chi connectivity index (χ2n) is 5.73. The maximum absolute atomic E-state index is 9.75. The SMILES string of the molecule is CCCC[n+]1ccn(C[Si](C)(C)C)c1.F[B-](F)(F)F. The molecular weight excluding hydrogens is 275 g/mol. The van der Waals surface area contributed by atoms with Crippen molar-refractivity contribution >= 4 is 15.3 Å². The molecule has 2 nitrogen and oxygen atoms in total. The summed E-state index contributed by atoms with van der Waals surface area (Å²) < 4.78 is 43.6. The molecule has 8 heteroatoms. The number of unbranched alkanes of at least 4 members (excludes halogenated alkanes) is 1. The van der Waals surface area contributed by atoms with Crippen LogP contribution in [0.2, 0.25) is 19.6 Å². The third-order valence-corrected chi connectivity index (χ3v) is 3.49. The molecule has 0 bridgehead atoms. The van der Waals surface area contributed by atoms with E-state index in [0.29, 0.717) is 0 Å². The first-order valence-corrected chi connectivity index (χ1v) is 10.1. The lowest BCUT2D eigenvalue weighted by atomic mass is 10.3. The molecule has 19 heavy (non-hydrogen) atoms. The van der Waals surface area contributed by atoms with E-state index in [4.69, 9.17) is 0 Å². The highest BCUT2D eigenvalue weighted by Crippen LogP contribution is 2.06. The Bertz CT molecular complexity index is 354. The maximum Gasteiger partial charge on any atom is 0.673 e. The van der Waals surface area contributed by atoms with Crippen LogP contribution in [0.1, 0.15) is 19.8 Å². The quantitative estimate of drug-likeness (QED) is 0.445. The van der Waals surface area contributed by atoms with E-state index in [1.165, 1.54) is 19.0 Å². The van der Waals surface area contributed by atoms with Gasteiger partial charge in [0.05, 0.1) is 20.8 Å². The lowest BCUT2D eigenvalue weighted by Gasteiger charge is -2.11. The van der Waals surface area contributed by atoms with Gasteiger partial charge in [-0.15, -0.1) is 0 Å². The van der Waals surface area contributed by atoms with Crippen molar-refractivity contribution in [1.29, 1.82) is 0 Å². The zero-order valence-corrected chi connectivity index (χ0v) is 13.0. The number of halogens is 4. The van der Waals surface area contributed by atoms with E-state index in [-0.39, 0.29) is 0 Å². The highest BCUT2D eigenvalue weighted by atomic mass is 28.3. The number of hydrogen-bond donors (Lipinski definition) is 0. The average molecular weight is 298 g/mol. The second kappa shape index (κ2) is 7.72. The summed E-state index contributed by atoms with van der Waals surface area (Å²) in [7, 11) is -6.97. The number of hydrogen-bond acceptors (Lipinski definition) is 0. The van der Waals surface area contributed by atoms with Gasteiger partial charge in [0.15, 0.2) is 0 Å². The molecule has 0 aromatic carbocycles. The molecule has 0 aliphatic heterocycles. The van der Waals surface area contributed by atoms with Crippen molar-refractivity contribution < 1.29 is 21.8 Å². The Balaban J connectivity index is 0.000000555. The summed E-state index contributed by atoms with van der Waals surface area (Å²) in [4.78, 5) is 0. The summed E-state index contributed by atoms with van der Waals surface area (Å²) in [6.07, 6.45) is 10.4. The number of aryl methyl sites for hydroxylation is 1. The van der Waals surface area contributed by atoms with Crippen LogP contribution in [0.3, 0.4) is 0 Å². The molecule has 1 rings (SSSR count). The van der Waals surface area contributed by atoms with E-state index in [2.05, 4.69) is 54.4 Å². The first-order chi connectivity index (χ1) is 8.51. The lowest BCUT2D eigenvalue weighted by Crippen LogP contribution is -2.32. The Kier molecular flexibility index (Phi) is 7.40. The Morgan fingerprint density at radius 3 is 2.11 bits per heavy atom. The van der Waals surface area contributed by atoms with Gasteiger partial charge in [-0.1, -0.05) is 33.0 Å². The van der Waals surface area contributed by atoms with E-state index >= 15 is 0 Å². The van der Waals surface area contributed by atoms with Crippen LogP contribution in [0.15, 0.2) is 18.7 Å². The number of nitrogens with zero attached hydrogens (tertiary/aromatic N) is 2. The predicted octanol–water partition coefficient (Wildman–Crippen LogP) is 3.75. The van der Waals surface area contributed by atoms with E-state index in [1.54, 1.807) is 0 Å². The molecule has 0 spiro atoms. The van der Waals surface area contributed by atoms with Crippen molar-refractivity contribution in [3.8, 4) is 0 Å². The van der Waals surface area contributed by atoms with Crippen LogP contribution in [0.25, 0.3) is 0 Å². The van der Waals surface area contributed by atoms with E-state index in [9.17, 15) is 17.3 Å². The molecule has 0 unspecified atom stereocenters. The van der Waals surface area contributed by atoms with Gasteiger partial charge >= 0.3 is 7.25 Å². The van der Waals surface area contributed by atoms with Crippen LogP contribution in [0.5, 0.6) is 0 Å². The van der Waals surface area contributed by atoms with Gasteiger partial charge in [0.25, 0.3) is 0 Å². The standard InChI is InChI=1S/C11H23N2Si.BF4/c1-5-6-7-12-8-9-13(10-12)11-14(2,3)4;2-1(3,4)5/h8-10H,5-7,11H2,1-4H3;/q+1;-1.